The van der Waals surface area contributed by atoms with Crippen molar-refractivity contribution in [2.24, 2.45) is 16.8 Å². The van der Waals surface area contributed by atoms with Crippen LogP contribution in [-0.4, -0.2) is 93.7 Å². The first-order valence-electron chi connectivity index (χ1n) is 8.48. The summed E-state index contributed by atoms with van der Waals surface area (Å²) in [5.74, 6) is 2.15. The quantitative estimate of drug-likeness (QED) is 0.390. The van der Waals surface area contributed by atoms with Crippen LogP contribution in [0.4, 0.5) is 0 Å². The average Bonchev–Trinajstić information content (AvgIpc) is 3.00. The molecule has 0 bridgehead atoms. The standard InChI is InChI=1S/C15H28N4O4S2/c1-12-10-18(11-13(12)14(20)23-3)15(16-2)17-4-9-25(21,22)19-5-7-24-8-6-19/h12-13H,4-11H2,1-3H3,(H,16,17). The average molecular weight is 393 g/mol. The minimum absolute atomic E-state index is 0.0422. The Hall–Kier alpha value is -1.00. The summed E-state index contributed by atoms with van der Waals surface area (Å²) in [6.07, 6.45) is 0. The maximum absolute atomic E-state index is 12.4. The number of carbonyl (C=O) groups is 1. The van der Waals surface area contributed by atoms with Crippen molar-refractivity contribution in [3.8, 4) is 0 Å². The zero-order valence-corrected chi connectivity index (χ0v) is 16.7. The summed E-state index contributed by atoms with van der Waals surface area (Å²) in [7, 11) is -0.181. The fourth-order valence-corrected chi connectivity index (χ4v) is 5.67. The fraction of sp³-hybridized carbons (Fsp3) is 0.867. The molecule has 8 nitrogen and oxygen atoms in total. The van der Waals surface area contributed by atoms with E-state index in [1.165, 1.54) is 7.11 Å². The Bertz CT molecular complexity index is 590. The van der Waals surface area contributed by atoms with Crippen LogP contribution in [0.15, 0.2) is 4.99 Å². The van der Waals surface area contributed by atoms with Gasteiger partial charge in [0.05, 0.1) is 18.8 Å². The summed E-state index contributed by atoms with van der Waals surface area (Å²) < 4.78 is 31.2. The Balaban J connectivity index is 1.85. The van der Waals surface area contributed by atoms with Gasteiger partial charge in [-0.15, -0.1) is 0 Å². The Kier molecular flexibility index (Phi) is 7.38. The highest BCUT2D eigenvalue weighted by molar-refractivity contribution is 7.99. The number of aliphatic imine (C=N–C) groups is 1. The van der Waals surface area contributed by atoms with E-state index in [9.17, 15) is 13.2 Å². The van der Waals surface area contributed by atoms with E-state index in [0.29, 0.717) is 38.7 Å². The Morgan fingerprint density at radius 1 is 1.32 bits per heavy atom. The van der Waals surface area contributed by atoms with Crippen LogP contribution in [0.25, 0.3) is 0 Å². The van der Waals surface area contributed by atoms with Gasteiger partial charge in [0.15, 0.2) is 5.96 Å². The van der Waals surface area contributed by atoms with E-state index in [4.69, 9.17) is 4.74 Å². The molecule has 0 radical (unpaired) electrons. The van der Waals surface area contributed by atoms with Crippen LogP contribution in [0.1, 0.15) is 6.92 Å². The van der Waals surface area contributed by atoms with Crippen LogP contribution in [0.2, 0.25) is 0 Å². The first kappa shape index (κ1) is 20.3. The molecular weight excluding hydrogens is 364 g/mol. The van der Waals surface area contributed by atoms with Crippen molar-refractivity contribution < 1.29 is 17.9 Å². The Morgan fingerprint density at radius 2 is 2.00 bits per heavy atom. The van der Waals surface area contributed by atoms with Gasteiger partial charge >= 0.3 is 5.97 Å². The molecule has 0 spiro atoms. The van der Waals surface area contributed by atoms with Crippen LogP contribution >= 0.6 is 11.8 Å². The highest BCUT2D eigenvalue weighted by atomic mass is 32.2. The fourth-order valence-electron chi connectivity index (χ4n) is 3.18. The van der Waals surface area contributed by atoms with Gasteiger partial charge in [-0.1, -0.05) is 6.92 Å². The molecular formula is C15H28N4O4S2. The monoisotopic (exact) mass is 392 g/mol. The predicted octanol–water partition coefficient (Wildman–Crippen LogP) is -0.319. The number of likely N-dealkylation sites (tertiary alicyclic amines) is 1. The van der Waals surface area contributed by atoms with E-state index < -0.39 is 10.0 Å². The first-order valence-corrected chi connectivity index (χ1v) is 11.2. The number of carbonyl (C=O) groups excluding carboxylic acids is 1. The van der Waals surface area contributed by atoms with Gasteiger partial charge in [0.1, 0.15) is 0 Å². The SMILES string of the molecule is CN=C(NCCS(=O)(=O)N1CCSCC1)N1CC(C)C(C(=O)OC)C1. The van der Waals surface area contributed by atoms with Crippen molar-refractivity contribution in [1.29, 1.82) is 0 Å². The summed E-state index contributed by atoms with van der Waals surface area (Å²) in [5, 5.41) is 3.12. The summed E-state index contributed by atoms with van der Waals surface area (Å²) in [6.45, 7) is 4.71. The number of nitrogens with zero attached hydrogens (tertiary/aromatic N) is 3. The number of guanidine groups is 1. The molecule has 0 aromatic rings. The molecule has 1 N–H and O–H groups in total. The number of ether oxygens (including phenoxy) is 1. The second-order valence-corrected chi connectivity index (χ2v) is 9.63. The van der Waals surface area contributed by atoms with Crippen molar-refractivity contribution in [2.45, 2.75) is 6.92 Å². The van der Waals surface area contributed by atoms with Crippen molar-refractivity contribution in [3.05, 3.63) is 0 Å². The molecule has 2 heterocycles. The number of esters is 1. The number of hydrogen-bond donors (Lipinski definition) is 1. The minimum Gasteiger partial charge on any atom is -0.469 e. The normalized spacial score (nSPS) is 25.9. The third-order valence-electron chi connectivity index (χ3n) is 4.63. The van der Waals surface area contributed by atoms with E-state index in [1.807, 2.05) is 11.8 Å². The maximum atomic E-state index is 12.4. The van der Waals surface area contributed by atoms with Crippen LogP contribution in [-0.2, 0) is 19.6 Å². The molecule has 144 valence electrons. The molecule has 2 rings (SSSR count). The molecule has 2 aliphatic rings. The molecule has 2 atom stereocenters. The van der Waals surface area contributed by atoms with Gasteiger partial charge in [-0.2, -0.15) is 11.8 Å². The van der Waals surface area contributed by atoms with Crippen LogP contribution in [0.5, 0.6) is 0 Å². The molecule has 0 aromatic heterocycles. The molecule has 2 unspecified atom stereocenters. The number of rotatable bonds is 5. The molecule has 10 heteroatoms. The highest BCUT2D eigenvalue weighted by Crippen LogP contribution is 2.24. The van der Waals surface area contributed by atoms with Gasteiger partial charge in [0, 0.05) is 51.3 Å². The Labute approximate surface area is 154 Å². The van der Waals surface area contributed by atoms with Crippen molar-refractivity contribution >= 4 is 33.7 Å². The van der Waals surface area contributed by atoms with E-state index in [1.54, 1.807) is 23.1 Å². The van der Waals surface area contributed by atoms with Crippen molar-refractivity contribution in [3.63, 3.8) is 0 Å². The van der Waals surface area contributed by atoms with E-state index in [2.05, 4.69) is 10.3 Å². The zero-order valence-electron chi connectivity index (χ0n) is 15.1. The van der Waals surface area contributed by atoms with Gasteiger partial charge in [0.25, 0.3) is 0 Å². The highest BCUT2D eigenvalue weighted by Gasteiger charge is 2.37. The van der Waals surface area contributed by atoms with Gasteiger partial charge in [0.2, 0.25) is 10.0 Å². The lowest BCUT2D eigenvalue weighted by atomic mass is 9.99. The molecule has 0 saturated carbocycles. The molecule has 0 amide bonds. The molecule has 0 aromatic carbocycles. The smallest absolute Gasteiger partial charge is 0.310 e. The number of thioether (sulfide) groups is 1. The lowest BCUT2D eigenvalue weighted by molar-refractivity contribution is -0.145. The maximum Gasteiger partial charge on any atom is 0.310 e. The minimum atomic E-state index is -3.24. The molecule has 2 fully saturated rings. The molecule has 2 aliphatic heterocycles. The van der Waals surface area contributed by atoms with Gasteiger partial charge in [-0.3, -0.25) is 9.79 Å². The summed E-state index contributed by atoms with van der Waals surface area (Å²) in [5.41, 5.74) is 0. The second kappa shape index (κ2) is 9.09. The third kappa shape index (κ3) is 5.24. The first-order chi connectivity index (χ1) is 11.9. The van der Waals surface area contributed by atoms with Crippen molar-refractivity contribution in [1.82, 2.24) is 14.5 Å². The Morgan fingerprint density at radius 3 is 2.60 bits per heavy atom. The summed E-state index contributed by atoms with van der Waals surface area (Å²) in [6, 6.07) is 0. The molecule has 25 heavy (non-hydrogen) atoms. The number of methoxy groups -OCH3 is 1. The van der Waals surface area contributed by atoms with Crippen LogP contribution < -0.4 is 5.32 Å². The van der Waals surface area contributed by atoms with Crippen molar-refractivity contribution in [2.75, 3.05) is 64.1 Å². The number of sulfonamides is 1. The lowest BCUT2D eigenvalue weighted by Crippen LogP contribution is -2.45. The van der Waals surface area contributed by atoms with Gasteiger partial charge < -0.3 is 15.0 Å². The lowest BCUT2D eigenvalue weighted by Gasteiger charge is -2.26. The summed E-state index contributed by atoms with van der Waals surface area (Å²) >= 11 is 1.78. The van der Waals surface area contributed by atoms with Gasteiger partial charge in [-0.05, 0) is 5.92 Å². The van der Waals surface area contributed by atoms with E-state index in [-0.39, 0.29) is 23.6 Å². The van der Waals surface area contributed by atoms with E-state index >= 15 is 0 Å². The number of hydrogen-bond acceptors (Lipinski definition) is 6. The predicted molar refractivity (Wildman–Crippen MR) is 100 cm³/mol. The largest absolute Gasteiger partial charge is 0.469 e. The van der Waals surface area contributed by atoms with E-state index in [0.717, 1.165) is 11.5 Å². The topological polar surface area (TPSA) is 91.3 Å². The van der Waals surface area contributed by atoms with Crippen LogP contribution in [0, 0.1) is 11.8 Å². The zero-order chi connectivity index (χ0) is 18.4. The third-order valence-corrected chi connectivity index (χ3v) is 7.45. The molecule has 2 saturated heterocycles. The second-order valence-electron chi connectivity index (χ2n) is 6.31. The van der Waals surface area contributed by atoms with Gasteiger partial charge in [-0.25, -0.2) is 12.7 Å². The van der Waals surface area contributed by atoms with Crippen LogP contribution in [0.3, 0.4) is 0 Å². The molecule has 0 aliphatic carbocycles. The number of nitrogens with one attached hydrogen (secondary N) is 1. The summed E-state index contributed by atoms with van der Waals surface area (Å²) in [4.78, 5) is 18.0.